The van der Waals surface area contributed by atoms with E-state index in [2.05, 4.69) is 118 Å². The fraction of sp³-hybridized carbons (Fsp3) is 0.743. The van der Waals surface area contributed by atoms with Crippen LogP contribution < -0.4 is 0 Å². The van der Waals surface area contributed by atoms with Gasteiger partial charge in [0.1, 0.15) is 13.2 Å². The molecule has 6 heteroatoms. The van der Waals surface area contributed by atoms with E-state index in [0.29, 0.717) is 19.3 Å². The first kappa shape index (κ1) is 76.3. The van der Waals surface area contributed by atoms with Crippen LogP contribution >= 0.6 is 0 Å². The predicted molar refractivity (Wildman–Crippen MR) is 348 cm³/mol. The summed E-state index contributed by atoms with van der Waals surface area (Å²) < 4.78 is 16.9. The molecule has 0 radical (unpaired) electrons. The van der Waals surface area contributed by atoms with E-state index in [4.69, 9.17) is 14.2 Å². The Morgan fingerprint density at radius 1 is 0.263 bits per heavy atom. The number of hydrogen-bond donors (Lipinski definition) is 0. The fourth-order valence-corrected chi connectivity index (χ4v) is 9.68. The quantitative estimate of drug-likeness (QED) is 0.0261. The largest absolute Gasteiger partial charge is 0.462 e. The molecule has 0 aliphatic rings. The molecule has 0 aliphatic heterocycles. The Morgan fingerprint density at radius 3 is 0.812 bits per heavy atom. The van der Waals surface area contributed by atoms with Crippen LogP contribution in [0.5, 0.6) is 0 Å². The van der Waals surface area contributed by atoms with Gasteiger partial charge in [-0.05, 0) is 116 Å². The molecule has 0 N–H and O–H groups in total. The van der Waals surface area contributed by atoms with Gasteiger partial charge in [-0.15, -0.1) is 0 Å². The lowest BCUT2D eigenvalue weighted by molar-refractivity contribution is -0.167. The molecule has 1 unspecified atom stereocenters. The van der Waals surface area contributed by atoms with Gasteiger partial charge in [-0.1, -0.05) is 298 Å². The molecule has 0 bridgehead atoms. The molecular formula is C74H128O6. The zero-order chi connectivity index (χ0) is 57.8. The smallest absolute Gasteiger partial charge is 0.306 e. The number of allylic oxidation sites excluding steroid dienone is 16. The zero-order valence-electron chi connectivity index (χ0n) is 52.8. The Balaban J connectivity index is 4.16. The van der Waals surface area contributed by atoms with Crippen LogP contribution in [-0.4, -0.2) is 37.2 Å². The normalized spacial score (nSPS) is 12.7. The molecule has 0 spiro atoms. The number of ether oxygens (including phenoxy) is 3. The highest BCUT2D eigenvalue weighted by molar-refractivity contribution is 5.71. The average Bonchev–Trinajstić information content (AvgIpc) is 3.46. The number of unbranched alkanes of at least 4 members (excludes halogenated alkanes) is 35. The number of esters is 3. The predicted octanol–water partition coefficient (Wildman–Crippen LogP) is 23.6. The summed E-state index contributed by atoms with van der Waals surface area (Å²) in [4.78, 5) is 38.3. The Bertz CT molecular complexity index is 1560. The molecule has 0 amide bonds. The number of carbonyl (C=O) groups is 3. The van der Waals surface area contributed by atoms with E-state index >= 15 is 0 Å². The first-order valence-electron chi connectivity index (χ1n) is 34.2. The highest BCUT2D eigenvalue weighted by atomic mass is 16.6. The fourth-order valence-electron chi connectivity index (χ4n) is 9.68. The molecule has 0 saturated carbocycles. The van der Waals surface area contributed by atoms with Gasteiger partial charge < -0.3 is 14.2 Å². The van der Waals surface area contributed by atoms with Crippen molar-refractivity contribution in [3.63, 3.8) is 0 Å². The van der Waals surface area contributed by atoms with Gasteiger partial charge in [0.05, 0.1) is 0 Å². The highest BCUT2D eigenvalue weighted by Gasteiger charge is 2.19. The minimum atomic E-state index is -0.790. The van der Waals surface area contributed by atoms with Crippen molar-refractivity contribution in [3.8, 4) is 0 Å². The molecule has 0 saturated heterocycles. The second-order valence-electron chi connectivity index (χ2n) is 22.7. The van der Waals surface area contributed by atoms with Crippen molar-refractivity contribution < 1.29 is 28.6 Å². The van der Waals surface area contributed by atoms with E-state index in [-0.39, 0.29) is 31.1 Å². The second-order valence-corrected chi connectivity index (χ2v) is 22.7. The maximum Gasteiger partial charge on any atom is 0.306 e. The van der Waals surface area contributed by atoms with E-state index in [1.807, 2.05) is 0 Å². The molecule has 0 rings (SSSR count). The van der Waals surface area contributed by atoms with E-state index in [1.54, 1.807) is 0 Å². The monoisotopic (exact) mass is 1110 g/mol. The summed E-state index contributed by atoms with van der Waals surface area (Å²) in [6, 6.07) is 0. The van der Waals surface area contributed by atoms with Crippen LogP contribution in [0.15, 0.2) is 97.2 Å². The molecule has 0 aromatic heterocycles. The first-order chi connectivity index (χ1) is 39.5. The van der Waals surface area contributed by atoms with Crippen molar-refractivity contribution in [2.24, 2.45) is 0 Å². The molecule has 0 heterocycles. The summed E-state index contributed by atoms with van der Waals surface area (Å²) in [5.41, 5.74) is 0. The molecule has 6 nitrogen and oxygen atoms in total. The van der Waals surface area contributed by atoms with Crippen LogP contribution in [0.3, 0.4) is 0 Å². The first-order valence-corrected chi connectivity index (χ1v) is 34.2. The minimum absolute atomic E-state index is 0.0844. The molecule has 0 aromatic rings. The molecular weight excluding hydrogens is 985 g/mol. The van der Waals surface area contributed by atoms with E-state index < -0.39 is 6.10 Å². The number of rotatable bonds is 62. The van der Waals surface area contributed by atoms with Crippen LogP contribution in [-0.2, 0) is 28.6 Å². The topological polar surface area (TPSA) is 78.9 Å². The van der Waals surface area contributed by atoms with Crippen molar-refractivity contribution in [3.05, 3.63) is 97.2 Å². The molecule has 460 valence electrons. The van der Waals surface area contributed by atoms with Crippen LogP contribution in [0.4, 0.5) is 0 Å². The maximum absolute atomic E-state index is 12.9. The zero-order valence-corrected chi connectivity index (χ0v) is 52.8. The van der Waals surface area contributed by atoms with Gasteiger partial charge in [0.25, 0.3) is 0 Å². The van der Waals surface area contributed by atoms with E-state index in [9.17, 15) is 14.4 Å². The Hall–Kier alpha value is -3.67. The van der Waals surface area contributed by atoms with Crippen molar-refractivity contribution in [1.29, 1.82) is 0 Å². The number of hydrogen-bond acceptors (Lipinski definition) is 6. The Kier molecular flexibility index (Phi) is 64.7. The summed E-state index contributed by atoms with van der Waals surface area (Å²) in [5.74, 6) is -0.900. The summed E-state index contributed by atoms with van der Waals surface area (Å²) >= 11 is 0. The van der Waals surface area contributed by atoms with E-state index in [1.165, 1.54) is 154 Å². The van der Waals surface area contributed by atoms with E-state index in [0.717, 1.165) is 141 Å². The van der Waals surface area contributed by atoms with Gasteiger partial charge in [0.2, 0.25) is 0 Å². The third-order valence-electron chi connectivity index (χ3n) is 14.8. The lowest BCUT2D eigenvalue weighted by Crippen LogP contribution is -2.30. The van der Waals surface area contributed by atoms with Crippen LogP contribution in [0.2, 0.25) is 0 Å². The van der Waals surface area contributed by atoms with Gasteiger partial charge in [0.15, 0.2) is 6.10 Å². The number of carbonyl (C=O) groups excluding carboxylic acids is 3. The van der Waals surface area contributed by atoms with Gasteiger partial charge in [-0.2, -0.15) is 0 Å². The molecule has 1 atom stereocenters. The lowest BCUT2D eigenvalue weighted by atomic mass is 10.0. The lowest BCUT2D eigenvalue weighted by Gasteiger charge is -2.18. The van der Waals surface area contributed by atoms with Crippen molar-refractivity contribution in [2.75, 3.05) is 13.2 Å². The van der Waals surface area contributed by atoms with Crippen LogP contribution in [0.25, 0.3) is 0 Å². The highest BCUT2D eigenvalue weighted by Crippen LogP contribution is 2.17. The van der Waals surface area contributed by atoms with Gasteiger partial charge in [-0.3, -0.25) is 14.4 Å². The van der Waals surface area contributed by atoms with Crippen LogP contribution in [0.1, 0.15) is 335 Å². The third-order valence-corrected chi connectivity index (χ3v) is 14.8. The van der Waals surface area contributed by atoms with Crippen molar-refractivity contribution in [2.45, 2.75) is 341 Å². The standard InChI is InChI=1S/C74H128O6/c1-4-7-10-13-16-19-22-25-27-29-30-31-32-33-34-35-36-37-38-39-40-41-42-43-44-45-47-49-52-55-58-61-64-67-73(76)79-70-71(69-78-72(75)66-63-60-57-54-51-48-24-21-18-15-12-9-6-3)80-74(77)68-65-62-59-56-53-50-46-28-26-23-20-17-14-11-8-5-2/h7,10,12,15-16,19-21,23-25,27-28,30-31,46,71H,4-6,8-9,11,13-14,17-18,22,26,29,32-45,47-70H2,1-3H3/b10-7-,15-12-,19-16-,23-20-,24-21-,27-25-,31-30-,46-28-. The third kappa shape index (κ3) is 65.1. The van der Waals surface area contributed by atoms with Crippen molar-refractivity contribution >= 4 is 17.9 Å². The molecule has 0 aromatic carbocycles. The SMILES string of the molecule is CC/C=C\C/C=C\C/C=C\C/C=C\CCCCCCCCCCCCCCCCCCCCCCC(=O)OCC(COC(=O)CCCCCCC/C=C\C/C=C\CCC)OC(=O)CCCCCCC/C=C\C/C=C\CCCCCC. The summed E-state index contributed by atoms with van der Waals surface area (Å²) in [5, 5.41) is 0. The van der Waals surface area contributed by atoms with Crippen molar-refractivity contribution in [1.82, 2.24) is 0 Å². The summed E-state index contributed by atoms with van der Waals surface area (Å²) in [7, 11) is 0. The molecule has 0 fully saturated rings. The second kappa shape index (κ2) is 67.8. The van der Waals surface area contributed by atoms with Gasteiger partial charge in [0, 0.05) is 19.3 Å². The van der Waals surface area contributed by atoms with Gasteiger partial charge >= 0.3 is 17.9 Å². The summed E-state index contributed by atoms with van der Waals surface area (Å²) in [6.07, 6.45) is 91.6. The molecule has 80 heavy (non-hydrogen) atoms. The summed E-state index contributed by atoms with van der Waals surface area (Å²) in [6.45, 7) is 6.45. The Labute approximate surface area is 496 Å². The molecule has 0 aliphatic carbocycles. The van der Waals surface area contributed by atoms with Gasteiger partial charge in [-0.25, -0.2) is 0 Å². The average molecular weight is 1110 g/mol. The Morgan fingerprint density at radius 2 is 0.512 bits per heavy atom. The van der Waals surface area contributed by atoms with Crippen LogP contribution in [0, 0.1) is 0 Å². The maximum atomic E-state index is 12.9. The minimum Gasteiger partial charge on any atom is -0.462 e.